The van der Waals surface area contributed by atoms with E-state index in [1.54, 1.807) is 7.11 Å². The third kappa shape index (κ3) is 2.98. The Kier molecular flexibility index (Phi) is 3.53. The van der Waals surface area contributed by atoms with E-state index < -0.39 is 0 Å². The van der Waals surface area contributed by atoms with E-state index in [0.29, 0.717) is 0 Å². The molecule has 0 aliphatic carbocycles. The molecule has 44 valence electrons. The minimum atomic E-state index is -0.304. The first-order valence-electron chi connectivity index (χ1n) is 2.13. The molecule has 0 aliphatic heterocycles. The van der Waals surface area contributed by atoms with Crippen LogP contribution in [0.2, 0.25) is 0 Å². The molecule has 0 amide bonds. The van der Waals surface area contributed by atoms with Gasteiger partial charge in [-0.2, -0.15) is 0 Å². The van der Waals surface area contributed by atoms with Gasteiger partial charge in [0, 0.05) is 7.11 Å². The van der Waals surface area contributed by atoms with Crippen LogP contribution >= 0.6 is 8.30 Å². The highest BCUT2D eigenvalue weighted by Gasteiger charge is 1.98. The van der Waals surface area contributed by atoms with Crippen LogP contribution in [0.3, 0.4) is 0 Å². The highest BCUT2D eigenvalue weighted by Crippen LogP contribution is 2.31. The van der Waals surface area contributed by atoms with Gasteiger partial charge in [-0.15, -0.1) is 0 Å². The average molecular weight is 121 g/mol. The van der Waals surface area contributed by atoms with Crippen LogP contribution in [0, 0.1) is 0 Å². The van der Waals surface area contributed by atoms with Crippen molar-refractivity contribution in [2.24, 2.45) is 0 Å². The molecular formula is C4H12NOP. The van der Waals surface area contributed by atoms with Gasteiger partial charge in [-0.3, -0.25) is 4.67 Å². The molecule has 0 saturated heterocycles. The van der Waals surface area contributed by atoms with Crippen molar-refractivity contribution in [1.82, 2.24) is 4.67 Å². The molecule has 0 aromatic rings. The zero-order valence-corrected chi connectivity index (χ0v) is 6.20. The van der Waals surface area contributed by atoms with Crippen molar-refractivity contribution in [1.29, 1.82) is 0 Å². The van der Waals surface area contributed by atoms with Crippen LogP contribution in [0.1, 0.15) is 0 Å². The van der Waals surface area contributed by atoms with Gasteiger partial charge in [0.1, 0.15) is 0 Å². The average Bonchev–Trinajstić information content (AvgIpc) is 1.65. The maximum Gasteiger partial charge on any atom is 0.0996 e. The second kappa shape index (κ2) is 3.36. The Morgan fingerprint density at radius 1 is 1.43 bits per heavy atom. The van der Waals surface area contributed by atoms with E-state index in [2.05, 4.69) is 11.3 Å². The highest BCUT2D eigenvalue weighted by molar-refractivity contribution is 7.48. The van der Waals surface area contributed by atoms with Gasteiger partial charge in [0.25, 0.3) is 0 Å². The van der Waals surface area contributed by atoms with Gasteiger partial charge in [-0.05, 0) is 20.8 Å². The summed E-state index contributed by atoms with van der Waals surface area (Å²) in [4.78, 5) is 0. The van der Waals surface area contributed by atoms with Crippen molar-refractivity contribution in [2.45, 2.75) is 0 Å². The molecule has 0 bridgehead atoms. The van der Waals surface area contributed by atoms with Gasteiger partial charge >= 0.3 is 0 Å². The fraction of sp³-hybridized carbons (Fsp3) is 1.00. The molecule has 7 heavy (non-hydrogen) atoms. The van der Waals surface area contributed by atoms with Crippen LogP contribution in [-0.4, -0.2) is 32.5 Å². The number of nitrogens with zero attached hydrogens (tertiary/aromatic N) is 1. The first-order chi connectivity index (χ1) is 3.18. The van der Waals surface area contributed by atoms with E-state index in [4.69, 9.17) is 4.52 Å². The van der Waals surface area contributed by atoms with Crippen LogP contribution in [0.15, 0.2) is 0 Å². The molecule has 0 N–H and O–H groups in total. The van der Waals surface area contributed by atoms with Crippen molar-refractivity contribution in [3.63, 3.8) is 0 Å². The third-order valence-electron chi connectivity index (χ3n) is 0.828. The molecule has 0 rings (SSSR count). The second-order valence-corrected chi connectivity index (χ2v) is 3.59. The monoisotopic (exact) mass is 121 g/mol. The summed E-state index contributed by atoms with van der Waals surface area (Å²) in [6.45, 7) is 2.06. The van der Waals surface area contributed by atoms with Gasteiger partial charge in [-0.25, -0.2) is 0 Å². The topological polar surface area (TPSA) is 12.5 Å². The molecule has 0 heterocycles. The second-order valence-electron chi connectivity index (χ2n) is 1.49. The molecule has 0 aromatic heterocycles. The van der Waals surface area contributed by atoms with Crippen molar-refractivity contribution in [3.05, 3.63) is 0 Å². The van der Waals surface area contributed by atoms with Crippen LogP contribution < -0.4 is 0 Å². The summed E-state index contributed by atoms with van der Waals surface area (Å²) in [5.41, 5.74) is 0. The molecule has 0 aromatic carbocycles. The molecule has 0 fully saturated rings. The maximum absolute atomic E-state index is 5.00. The molecule has 0 spiro atoms. The molecule has 2 nitrogen and oxygen atoms in total. The number of rotatable bonds is 2. The lowest BCUT2D eigenvalue weighted by Crippen LogP contribution is -2.03. The van der Waals surface area contributed by atoms with Crippen LogP contribution in [0.5, 0.6) is 0 Å². The minimum absolute atomic E-state index is 0.304. The van der Waals surface area contributed by atoms with E-state index in [-0.39, 0.29) is 8.30 Å². The largest absolute Gasteiger partial charge is 0.347 e. The Morgan fingerprint density at radius 2 is 1.86 bits per heavy atom. The molecule has 1 atom stereocenters. The lowest BCUT2D eigenvalue weighted by molar-refractivity contribution is 0.423. The number of hydrogen-bond acceptors (Lipinski definition) is 2. The summed E-state index contributed by atoms with van der Waals surface area (Å²) in [7, 11) is 5.44. The van der Waals surface area contributed by atoms with E-state index in [0.717, 1.165) is 0 Å². The van der Waals surface area contributed by atoms with Gasteiger partial charge in [-0.1, -0.05) is 0 Å². The van der Waals surface area contributed by atoms with Crippen molar-refractivity contribution >= 4 is 8.30 Å². The quantitative estimate of drug-likeness (QED) is 0.508. The molecule has 0 radical (unpaired) electrons. The summed E-state index contributed by atoms with van der Waals surface area (Å²) in [5, 5.41) is 0. The zero-order valence-electron chi connectivity index (χ0n) is 5.30. The predicted molar refractivity (Wildman–Crippen MR) is 33.5 cm³/mol. The summed E-state index contributed by atoms with van der Waals surface area (Å²) < 4.78 is 7.07. The SMILES string of the molecule is COP(C)N(C)C. The normalized spacial score (nSPS) is 15.0. The summed E-state index contributed by atoms with van der Waals surface area (Å²) in [5.74, 6) is 0. The van der Waals surface area contributed by atoms with Crippen LogP contribution in [-0.2, 0) is 4.52 Å². The molecule has 0 saturated carbocycles. The summed E-state index contributed by atoms with van der Waals surface area (Å²) in [6, 6.07) is 0. The standard InChI is InChI=1S/C4H12NOP/c1-5(2)7(4)6-3/h1-4H3. The van der Waals surface area contributed by atoms with Crippen molar-refractivity contribution in [3.8, 4) is 0 Å². The minimum Gasteiger partial charge on any atom is -0.347 e. The van der Waals surface area contributed by atoms with E-state index in [9.17, 15) is 0 Å². The van der Waals surface area contributed by atoms with Gasteiger partial charge in [0.2, 0.25) is 0 Å². The Morgan fingerprint density at radius 3 is 1.86 bits per heavy atom. The summed E-state index contributed by atoms with van der Waals surface area (Å²) >= 11 is 0. The Labute approximate surface area is 46.4 Å². The zero-order chi connectivity index (χ0) is 5.86. The Hall–Kier alpha value is 0.350. The third-order valence-corrected chi connectivity index (χ3v) is 2.48. The lowest BCUT2D eigenvalue weighted by atomic mass is 11.3. The first kappa shape index (κ1) is 7.35. The Bertz CT molecular complexity index is 49.0. The maximum atomic E-state index is 5.00. The fourth-order valence-electron chi connectivity index (χ4n) is 0.163. The summed E-state index contributed by atoms with van der Waals surface area (Å²) in [6.07, 6.45) is 0. The van der Waals surface area contributed by atoms with E-state index in [1.165, 1.54) is 0 Å². The first-order valence-corrected chi connectivity index (χ1v) is 3.79. The van der Waals surface area contributed by atoms with Crippen molar-refractivity contribution in [2.75, 3.05) is 27.9 Å². The van der Waals surface area contributed by atoms with Gasteiger partial charge in [0.05, 0.1) is 8.30 Å². The van der Waals surface area contributed by atoms with E-state index in [1.807, 2.05) is 14.1 Å². The molecular weight excluding hydrogens is 109 g/mol. The fourth-order valence-corrected chi connectivity index (χ4v) is 0.490. The van der Waals surface area contributed by atoms with Crippen LogP contribution in [0.25, 0.3) is 0 Å². The van der Waals surface area contributed by atoms with Gasteiger partial charge in [0.15, 0.2) is 0 Å². The van der Waals surface area contributed by atoms with Gasteiger partial charge < -0.3 is 4.52 Å². The smallest absolute Gasteiger partial charge is 0.0996 e. The number of hydrogen-bond donors (Lipinski definition) is 0. The van der Waals surface area contributed by atoms with E-state index >= 15 is 0 Å². The molecule has 3 heteroatoms. The van der Waals surface area contributed by atoms with Crippen molar-refractivity contribution < 1.29 is 4.52 Å². The predicted octanol–water partition coefficient (Wildman–Crippen LogP) is 1.14. The Balaban J connectivity index is 3.14. The highest BCUT2D eigenvalue weighted by atomic mass is 31.2. The lowest BCUT2D eigenvalue weighted by Gasteiger charge is -2.15. The molecule has 0 aliphatic rings. The van der Waals surface area contributed by atoms with Crippen LogP contribution in [0.4, 0.5) is 0 Å². The molecule has 1 unspecified atom stereocenters.